The minimum Gasteiger partial charge on any atom is -0.504 e. The van der Waals surface area contributed by atoms with Crippen molar-refractivity contribution in [1.29, 1.82) is 0 Å². The Morgan fingerprint density at radius 2 is 1.38 bits per heavy atom. The van der Waals surface area contributed by atoms with Crippen LogP contribution >= 0.6 is 0 Å². The predicted molar refractivity (Wildman–Crippen MR) is 156 cm³/mol. The van der Waals surface area contributed by atoms with Crippen LogP contribution in [0.1, 0.15) is 23.3 Å². The van der Waals surface area contributed by atoms with E-state index in [4.69, 9.17) is 33.2 Å². The Balaban J connectivity index is 1.40. The van der Waals surface area contributed by atoms with Crippen molar-refractivity contribution in [3.05, 3.63) is 47.5 Å². The molecule has 0 amide bonds. The van der Waals surface area contributed by atoms with Gasteiger partial charge >= 0.3 is 0 Å². The molecule has 2 aromatic carbocycles. The lowest BCUT2D eigenvalue weighted by Gasteiger charge is -2.42. The largest absolute Gasteiger partial charge is 0.504 e. The summed E-state index contributed by atoms with van der Waals surface area (Å²) in [5, 5.41) is 92.2. The molecule has 12 atom stereocenters. The molecule has 3 aliphatic rings. The Labute approximate surface area is 269 Å². The van der Waals surface area contributed by atoms with E-state index in [-0.39, 0.29) is 36.2 Å². The van der Waals surface area contributed by atoms with E-state index in [2.05, 4.69) is 0 Å². The summed E-state index contributed by atoms with van der Waals surface area (Å²) < 4.78 is 39.9. The van der Waals surface area contributed by atoms with Crippen LogP contribution in [0.4, 0.5) is 0 Å². The van der Waals surface area contributed by atoms with E-state index in [1.54, 1.807) is 24.3 Å². The van der Waals surface area contributed by atoms with Gasteiger partial charge in [0, 0.05) is 25.0 Å². The van der Waals surface area contributed by atoms with E-state index in [9.17, 15) is 46.0 Å². The Hall–Kier alpha value is -2.84. The van der Waals surface area contributed by atoms with Crippen LogP contribution in [-0.4, -0.2) is 142 Å². The van der Waals surface area contributed by atoms with Crippen molar-refractivity contribution in [3.8, 4) is 23.0 Å². The average Bonchev–Trinajstić information content (AvgIpc) is 3.61. The number of hydrogen-bond donors (Lipinski definition) is 9. The highest BCUT2D eigenvalue weighted by Gasteiger charge is 2.53. The number of hydrogen-bond acceptors (Lipinski definition) is 16. The first-order chi connectivity index (χ1) is 22.5. The van der Waals surface area contributed by atoms with Crippen LogP contribution in [-0.2, 0) is 18.9 Å². The monoisotopic (exact) mass is 670 g/mol. The SMILES string of the molecule is COc1cc([C@@H]2O[C@@H](c3ccc(O[C@@H]4O[C@H](CO)[C@@H](O)[C@H](O)[C@H]4O[C@@H]4OC[C@](O)(CO)[C@H]4O)c(OC)c3)[C@H](CO)[C@H]2CO)ccc1O. The lowest BCUT2D eigenvalue weighted by atomic mass is 9.83. The van der Waals surface area contributed by atoms with Crippen molar-refractivity contribution in [2.24, 2.45) is 11.8 Å². The molecule has 5 rings (SSSR count). The molecule has 3 fully saturated rings. The van der Waals surface area contributed by atoms with E-state index in [1.165, 1.54) is 26.4 Å². The molecular formula is C31H42O16. The summed E-state index contributed by atoms with van der Waals surface area (Å²) in [6, 6.07) is 9.44. The maximum Gasteiger partial charge on any atom is 0.229 e. The zero-order valence-electron chi connectivity index (χ0n) is 25.7. The van der Waals surface area contributed by atoms with E-state index in [0.717, 1.165) is 0 Å². The van der Waals surface area contributed by atoms with Crippen LogP contribution < -0.4 is 14.2 Å². The number of aliphatic hydroxyl groups excluding tert-OH is 7. The summed E-state index contributed by atoms with van der Waals surface area (Å²) in [6.45, 7) is -2.61. The Morgan fingerprint density at radius 1 is 0.766 bits per heavy atom. The fraction of sp³-hybridized carbons (Fsp3) is 0.613. The molecule has 47 heavy (non-hydrogen) atoms. The van der Waals surface area contributed by atoms with Crippen LogP contribution in [0.25, 0.3) is 0 Å². The fourth-order valence-corrected chi connectivity index (χ4v) is 6.24. The van der Waals surface area contributed by atoms with Gasteiger partial charge in [-0.15, -0.1) is 0 Å². The van der Waals surface area contributed by atoms with Gasteiger partial charge in [0.05, 0.1) is 46.2 Å². The molecule has 3 aliphatic heterocycles. The summed E-state index contributed by atoms with van der Waals surface area (Å²) in [5.41, 5.74) is -0.837. The highest BCUT2D eigenvalue weighted by Crippen LogP contribution is 2.51. The quantitative estimate of drug-likeness (QED) is 0.119. The van der Waals surface area contributed by atoms with Gasteiger partial charge in [-0.2, -0.15) is 0 Å². The van der Waals surface area contributed by atoms with Crippen LogP contribution in [0.5, 0.6) is 23.0 Å². The van der Waals surface area contributed by atoms with Crippen LogP contribution in [0.15, 0.2) is 36.4 Å². The molecule has 3 saturated heterocycles. The van der Waals surface area contributed by atoms with E-state index in [1.807, 2.05) is 0 Å². The van der Waals surface area contributed by atoms with Gasteiger partial charge in [0.25, 0.3) is 0 Å². The van der Waals surface area contributed by atoms with Crippen LogP contribution in [0, 0.1) is 11.8 Å². The smallest absolute Gasteiger partial charge is 0.229 e. The van der Waals surface area contributed by atoms with E-state index < -0.39 is 92.6 Å². The number of aliphatic hydroxyl groups is 8. The third-order valence-corrected chi connectivity index (χ3v) is 9.03. The number of methoxy groups -OCH3 is 2. The number of phenols is 1. The molecule has 0 radical (unpaired) electrons. The number of ether oxygens (including phenoxy) is 7. The Morgan fingerprint density at radius 3 is 1.94 bits per heavy atom. The molecule has 3 heterocycles. The summed E-state index contributed by atoms with van der Waals surface area (Å²) in [4.78, 5) is 0. The maximum atomic E-state index is 10.9. The Bertz CT molecular complexity index is 1340. The predicted octanol–water partition coefficient (Wildman–Crippen LogP) is -1.92. The number of aromatic hydroxyl groups is 1. The van der Waals surface area contributed by atoms with Gasteiger partial charge in [-0.25, -0.2) is 0 Å². The first-order valence-corrected chi connectivity index (χ1v) is 15.0. The second-order valence-corrected chi connectivity index (χ2v) is 11.8. The second-order valence-electron chi connectivity index (χ2n) is 11.8. The second kappa shape index (κ2) is 14.7. The van der Waals surface area contributed by atoms with Gasteiger partial charge in [0.1, 0.15) is 30.0 Å². The van der Waals surface area contributed by atoms with Crippen molar-refractivity contribution < 1.29 is 79.1 Å². The maximum absolute atomic E-state index is 10.9. The minimum atomic E-state index is -2.02. The third-order valence-electron chi connectivity index (χ3n) is 9.03. The molecule has 262 valence electrons. The molecular weight excluding hydrogens is 628 g/mol. The van der Waals surface area contributed by atoms with Crippen molar-refractivity contribution in [2.75, 3.05) is 47.3 Å². The summed E-state index contributed by atoms with van der Waals surface area (Å²) >= 11 is 0. The first-order valence-electron chi connectivity index (χ1n) is 15.0. The zero-order chi connectivity index (χ0) is 34.0. The van der Waals surface area contributed by atoms with E-state index in [0.29, 0.717) is 11.1 Å². The summed E-state index contributed by atoms with van der Waals surface area (Å²) in [7, 11) is 2.78. The van der Waals surface area contributed by atoms with Crippen LogP contribution in [0.2, 0.25) is 0 Å². The molecule has 9 N–H and O–H groups in total. The molecule has 0 aromatic heterocycles. The topological polar surface area (TPSA) is 247 Å². The minimum absolute atomic E-state index is 0.0640. The molecule has 0 unspecified atom stereocenters. The first kappa shape index (κ1) is 35.5. The van der Waals surface area contributed by atoms with Crippen molar-refractivity contribution >= 4 is 0 Å². The summed E-state index contributed by atoms with van der Waals surface area (Å²) in [5.74, 6) is -0.666. The summed E-state index contributed by atoms with van der Waals surface area (Å²) in [6.07, 6.45) is -12.3. The van der Waals surface area contributed by atoms with E-state index >= 15 is 0 Å². The highest BCUT2D eigenvalue weighted by atomic mass is 16.8. The van der Waals surface area contributed by atoms with Gasteiger partial charge in [0.2, 0.25) is 6.29 Å². The van der Waals surface area contributed by atoms with Gasteiger partial charge in [0.15, 0.2) is 35.4 Å². The fourth-order valence-electron chi connectivity index (χ4n) is 6.24. The molecule has 0 bridgehead atoms. The standard InChI is InChI=1S/C31H42O16/c1-41-20-7-14(3-5-18(20)36)25-16(9-32)17(10-33)26(46-25)15-4-6-19(21(8-15)42-2)44-29-27(24(38)23(37)22(11-34)45-29)47-30-28(39)31(40,12-35)13-43-30/h3-8,16-17,22-30,32-40H,9-13H2,1-2H3/t16-,17-,22-,23-,24+,25+,26+,27-,28+,29-,30+,31-/m1/s1. The number of phenolic OH excluding ortho intramolecular Hbond substituents is 1. The third kappa shape index (κ3) is 6.74. The van der Waals surface area contributed by atoms with Crippen molar-refractivity contribution in [2.45, 2.75) is 60.9 Å². The molecule has 16 heteroatoms. The highest BCUT2D eigenvalue weighted by molar-refractivity contribution is 5.45. The van der Waals surface area contributed by atoms with Gasteiger partial charge < -0.3 is 79.1 Å². The molecule has 2 aromatic rings. The van der Waals surface area contributed by atoms with Crippen molar-refractivity contribution in [1.82, 2.24) is 0 Å². The molecule has 0 saturated carbocycles. The Kier molecular flexibility index (Phi) is 11.1. The van der Waals surface area contributed by atoms with Gasteiger partial charge in [-0.1, -0.05) is 12.1 Å². The lowest BCUT2D eigenvalue weighted by Crippen LogP contribution is -2.62. The lowest BCUT2D eigenvalue weighted by molar-refractivity contribution is -0.319. The number of rotatable bonds is 12. The van der Waals surface area contributed by atoms with Gasteiger partial charge in [-0.05, 0) is 35.4 Å². The molecule has 16 nitrogen and oxygen atoms in total. The van der Waals surface area contributed by atoms with Crippen LogP contribution in [0.3, 0.4) is 0 Å². The molecule has 0 aliphatic carbocycles. The average molecular weight is 671 g/mol. The van der Waals surface area contributed by atoms with Crippen molar-refractivity contribution in [3.63, 3.8) is 0 Å². The number of benzene rings is 2. The normalized spacial score (nSPS) is 37.2. The zero-order valence-corrected chi connectivity index (χ0v) is 25.7. The van der Waals surface area contributed by atoms with Gasteiger partial charge in [-0.3, -0.25) is 0 Å². The molecule has 0 spiro atoms.